The van der Waals surface area contributed by atoms with E-state index < -0.39 is 0 Å². The molecule has 1 aromatic carbocycles. The van der Waals surface area contributed by atoms with Crippen molar-refractivity contribution in [2.24, 2.45) is 11.7 Å². The highest BCUT2D eigenvalue weighted by Gasteiger charge is 2.25. The third-order valence-electron chi connectivity index (χ3n) is 2.81. The van der Waals surface area contributed by atoms with Gasteiger partial charge >= 0.3 is 0 Å². The van der Waals surface area contributed by atoms with Crippen LogP contribution in [0.15, 0.2) is 24.3 Å². The van der Waals surface area contributed by atoms with Crippen LogP contribution in [0.1, 0.15) is 18.4 Å². The van der Waals surface area contributed by atoms with Crippen LogP contribution in [0.4, 0.5) is 4.39 Å². The highest BCUT2D eigenvalue weighted by Crippen LogP contribution is 2.25. The first-order chi connectivity index (χ1) is 7.24. The number of nitrogens with two attached hydrogens (primary N) is 1. The van der Waals surface area contributed by atoms with Crippen LogP contribution in [-0.4, -0.2) is 12.6 Å². The lowest BCUT2D eigenvalue weighted by atomic mass is 9.82. The third kappa shape index (κ3) is 3.74. The van der Waals surface area contributed by atoms with E-state index >= 15 is 0 Å². The van der Waals surface area contributed by atoms with Crippen molar-refractivity contribution in [2.75, 3.05) is 6.61 Å². The molecule has 0 amide bonds. The van der Waals surface area contributed by atoms with Crippen molar-refractivity contribution in [3.63, 3.8) is 0 Å². The molecule has 0 aromatic heterocycles. The molecule has 0 atom stereocenters. The predicted octanol–water partition coefficient (Wildman–Crippen LogP) is 2.50. The molecule has 0 spiro atoms. The van der Waals surface area contributed by atoms with Gasteiger partial charge in [0.2, 0.25) is 0 Å². The Hall–Kier alpha value is -0.640. The average Bonchev–Trinajstić information content (AvgIpc) is 2.18. The first-order valence-corrected chi connectivity index (χ1v) is 5.32. The van der Waals surface area contributed by atoms with Crippen molar-refractivity contribution in [1.82, 2.24) is 0 Å². The molecule has 1 aromatic rings. The highest BCUT2D eigenvalue weighted by molar-refractivity contribution is 5.85. The Morgan fingerprint density at radius 1 is 1.25 bits per heavy atom. The summed E-state index contributed by atoms with van der Waals surface area (Å²) in [5.41, 5.74) is 6.69. The van der Waals surface area contributed by atoms with Gasteiger partial charge in [-0.05, 0) is 36.5 Å². The van der Waals surface area contributed by atoms with E-state index in [9.17, 15) is 4.39 Å². The highest BCUT2D eigenvalue weighted by atomic mass is 35.5. The van der Waals surface area contributed by atoms with Gasteiger partial charge < -0.3 is 10.5 Å². The van der Waals surface area contributed by atoms with Gasteiger partial charge in [-0.1, -0.05) is 12.1 Å². The summed E-state index contributed by atoms with van der Waals surface area (Å²) in [6.07, 6.45) is 2.15. The van der Waals surface area contributed by atoms with Crippen molar-refractivity contribution < 1.29 is 9.13 Å². The lowest BCUT2D eigenvalue weighted by molar-refractivity contribution is 0.0519. The SMILES string of the molecule is Cl.N[C@H]1C[C@@H](COCc2ccc(F)cc2)C1. The standard InChI is InChI=1S/C12H16FNO.ClH/c13-11-3-1-9(2-4-11)7-15-8-10-5-12(14)6-10;/h1-4,10,12H,5-8,14H2;1H/t10-,12+;. The second-order valence-electron chi connectivity index (χ2n) is 4.24. The quantitative estimate of drug-likeness (QED) is 0.885. The zero-order valence-corrected chi connectivity index (χ0v) is 9.88. The molecule has 0 saturated heterocycles. The Balaban J connectivity index is 0.00000128. The second kappa shape index (κ2) is 6.18. The van der Waals surface area contributed by atoms with E-state index in [1.54, 1.807) is 12.1 Å². The Morgan fingerprint density at radius 3 is 2.44 bits per heavy atom. The number of benzene rings is 1. The first kappa shape index (κ1) is 13.4. The second-order valence-corrected chi connectivity index (χ2v) is 4.24. The summed E-state index contributed by atoms with van der Waals surface area (Å²) in [6, 6.07) is 6.80. The molecule has 2 rings (SSSR count). The van der Waals surface area contributed by atoms with Crippen LogP contribution in [0, 0.1) is 11.7 Å². The van der Waals surface area contributed by atoms with Crippen molar-refractivity contribution in [2.45, 2.75) is 25.5 Å². The summed E-state index contributed by atoms with van der Waals surface area (Å²) in [4.78, 5) is 0. The fraction of sp³-hybridized carbons (Fsp3) is 0.500. The Bertz CT molecular complexity index is 311. The lowest BCUT2D eigenvalue weighted by Gasteiger charge is -2.31. The molecule has 1 fully saturated rings. The van der Waals surface area contributed by atoms with E-state index in [4.69, 9.17) is 10.5 Å². The molecule has 1 aliphatic rings. The van der Waals surface area contributed by atoms with E-state index in [2.05, 4.69) is 0 Å². The van der Waals surface area contributed by atoms with Gasteiger partial charge in [0.25, 0.3) is 0 Å². The first-order valence-electron chi connectivity index (χ1n) is 5.32. The fourth-order valence-corrected chi connectivity index (χ4v) is 1.85. The van der Waals surface area contributed by atoms with E-state index in [0.717, 1.165) is 25.0 Å². The minimum atomic E-state index is -0.205. The van der Waals surface area contributed by atoms with E-state index in [1.807, 2.05) is 0 Å². The van der Waals surface area contributed by atoms with Gasteiger partial charge in [0.1, 0.15) is 5.82 Å². The minimum Gasteiger partial charge on any atom is -0.376 e. The van der Waals surface area contributed by atoms with Crippen molar-refractivity contribution in [3.8, 4) is 0 Å². The molecule has 0 unspecified atom stereocenters. The largest absolute Gasteiger partial charge is 0.376 e. The van der Waals surface area contributed by atoms with Crippen LogP contribution in [-0.2, 0) is 11.3 Å². The van der Waals surface area contributed by atoms with Crippen LogP contribution < -0.4 is 5.73 Å². The molecular weight excluding hydrogens is 229 g/mol. The van der Waals surface area contributed by atoms with Gasteiger partial charge in [0.05, 0.1) is 6.61 Å². The third-order valence-corrected chi connectivity index (χ3v) is 2.81. The van der Waals surface area contributed by atoms with Crippen LogP contribution in [0.25, 0.3) is 0 Å². The molecule has 0 aliphatic heterocycles. The van der Waals surface area contributed by atoms with Gasteiger partial charge in [0.15, 0.2) is 0 Å². The van der Waals surface area contributed by atoms with Gasteiger partial charge in [0, 0.05) is 12.6 Å². The van der Waals surface area contributed by atoms with Crippen molar-refractivity contribution in [3.05, 3.63) is 35.6 Å². The molecular formula is C12H17ClFNO. The lowest BCUT2D eigenvalue weighted by Crippen LogP contribution is -2.38. The van der Waals surface area contributed by atoms with E-state index in [-0.39, 0.29) is 18.2 Å². The molecule has 1 saturated carbocycles. The normalized spacial score (nSPS) is 23.4. The molecule has 16 heavy (non-hydrogen) atoms. The summed E-state index contributed by atoms with van der Waals surface area (Å²) in [5.74, 6) is 0.421. The summed E-state index contributed by atoms with van der Waals surface area (Å²) in [7, 11) is 0. The average molecular weight is 246 g/mol. The maximum atomic E-state index is 12.6. The Labute approximate surface area is 101 Å². The zero-order valence-electron chi connectivity index (χ0n) is 9.06. The molecule has 2 N–H and O–H groups in total. The summed E-state index contributed by atoms with van der Waals surface area (Å²) in [6.45, 7) is 1.33. The Morgan fingerprint density at radius 2 is 1.88 bits per heavy atom. The number of ether oxygens (including phenoxy) is 1. The van der Waals surface area contributed by atoms with Crippen LogP contribution in [0.2, 0.25) is 0 Å². The predicted molar refractivity (Wildman–Crippen MR) is 64.0 cm³/mol. The van der Waals surface area contributed by atoms with Crippen LogP contribution in [0.3, 0.4) is 0 Å². The number of rotatable bonds is 4. The maximum absolute atomic E-state index is 12.6. The van der Waals surface area contributed by atoms with Gasteiger partial charge in [-0.3, -0.25) is 0 Å². The summed E-state index contributed by atoms with van der Waals surface area (Å²) < 4.78 is 18.1. The van der Waals surface area contributed by atoms with Gasteiger partial charge in [-0.2, -0.15) is 0 Å². The molecule has 1 aliphatic carbocycles. The number of hydrogen-bond donors (Lipinski definition) is 1. The smallest absolute Gasteiger partial charge is 0.123 e. The molecule has 4 heteroatoms. The number of hydrogen-bond acceptors (Lipinski definition) is 2. The Kier molecular flexibility index (Phi) is 5.19. The van der Waals surface area contributed by atoms with Crippen LogP contribution in [0.5, 0.6) is 0 Å². The molecule has 0 bridgehead atoms. The molecule has 2 nitrogen and oxygen atoms in total. The molecule has 90 valence electrons. The molecule has 0 heterocycles. The zero-order chi connectivity index (χ0) is 10.7. The van der Waals surface area contributed by atoms with Crippen LogP contribution >= 0.6 is 12.4 Å². The number of halogens is 2. The monoisotopic (exact) mass is 245 g/mol. The van der Waals surface area contributed by atoms with Crippen molar-refractivity contribution in [1.29, 1.82) is 0 Å². The van der Waals surface area contributed by atoms with Crippen molar-refractivity contribution >= 4 is 12.4 Å². The maximum Gasteiger partial charge on any atom is 0.123 e. The fourth-order valence-electron chi connectivity index (χ4n) is 1.85. The van der Waals surface area contributed by atoms with E-state index in [1.165, 1.54) is 12.1 Å². The minimum absolute atomic E-state index is 0. The van der Waals surface area contributed by atoms with E-state index in [0.29, 0.717) is 18.6 Å². The van der Waals surface area contributed by atoms with Gasteiger partial charge in [-0.15, -0.1) is 12.4 Å². The summed E-state index contributed by atoms with van der Waals surface area (Å²) in [5, 5.41) is 0. The molecule has 0 radical (unpaired) electrons. The topological polar surface area (TPSA) is 35.2 Å². The summed E-state index contributed by atoms with van der Waals surface area (Å²) >= 11 is 0. The van der Waals surface area contributed by atoms with Gasteiger partial charge in [-0.25, -0.2) is 4.39 Å².